The van der Waals surface area contributed by atoms with Crippen LogP contribution in [0.5, 0.6) is 0 Å². The molecule has 1 aromatic heterocycles. The molecule has 2 aliphatic rings. The Kier molecular flexibility index (Phi) is 4.18. The largest absolute Gasteiger partial charge is 0.350 e. The van der Waals surface area contributed by atoms with Crippen LogP contribution < -0.4 is 5.32 Å². The van der Waals surface area contributed by atoms with Crippen LogP contribution in [0.4, 0.5) is 0 Å². The lowest BCUT2D eigenvalue weighted by Gasteiger charge is -2.28. The Morgan fingerprint density at radius 1 is 1.21 bits per heavy atom. The number of aromatic nitrogens is 1. The van der Waals surface area contributed by atoms with Crippen molar-refractivity contribution in [3.8, 4) is 0 Å². The Bertz CT molecular complexity index is 789. The van der Waals surface area contributed by atoms with Crippen molar-refractivity contribution in [3.63, 3.8) is 0 Å². The number of nitrogens with zero attached hydrogens (tertiary/aromatic N) is 1. The molecular formula is C18H23N3O2S. The van der Waals surface area contributed by atoms with Crippen LogP contribution in [0.1, 0.15) is 43.1 Å². The Morgan fingerprint density at radius 2 is 1.96 bits per heavy atom. The summed E-state index contributed by atoms with van der Waals surface area (Å²) in [5.41, 5.74) is 1.44. The average Bonchev–Trinajstić information content (AvgIpc) is 3.29. The first kappa shape index (κ1) is 15.8. The summed E-state index contributed by atoms with van der Waals surface area (Å²) in [5, 5.41) is 3.96. The summed E-state index contributed by atoms with van der Waals surface area (Å²) in [6.07, 6.45) is 4.34. The van der Waals surface area contributed by atoms with E-state index in [0.717, 1.165) is 60.5 Å². The van der Waals surface area contributed by atoms with Gasteiger partial charge in [0.2, 0.25) is 0 Å². The summed E-state index contributed by atoms with van der Waals surface area (Å²) in [6, 6.07) is 7.97. The van der Waals surface area contributed by atoms with Gasteiger partial charge in [0, 0.05) is 30.0 Å². The lowest BCUT2D eigenvalue weighted by atomic mass is 10.0. The van der Waals surface area contributed by atoms with Gasteiger partial charge in [-0.1, -0.05) is 13.0 Å². The number of aromatic amines is 1. The highest BCUT2D eigenvalue weighted by molar-refractivity contribution is 7.82. The third kappa shape index (κ3) is 3.26. The number of hydrogen-bond acceptors (Lipinski definition) is 2. The van der Waals surface area contributed by atoms with Crippen LogP contribution in [-0.2, 0) is 11.0 Å². The first-order valence-electron chi connectivity index (χ1n) is 8.70. The molecule has 0 bridgehead atoms. The second kappa shape index (κ2) is 6.33. The van der Waals surface area contributed by atoms with E-state index >= 15 is 0 Å². The van der Waals surface area contributed by atoms with Crippen LogP contribution in [0.2, 0.25) is 0 Å². The minimum absolute atomic E-state index is 0.0543. The minimum Gasteiger partial charge on any atom is -0.350 e. The standard InChI is InChI=1S/C18H23N3O2S/c1-12-6-8-21(9-7-12)24(23)15-5-2-13-10-17(20-16(13)11-15)18(22)19-14-3-4-14/h2,5,10-12,14,20H,3-4,6-9H2,1H3,(H,19,22). The summed E-state index contributed by atoms with van der Waals surface area (Å²) in [4.78, 5) is 16.1. The first-order valence-corrected chi connectivity index (χ1v) is 9.81. The molecule has 24 heavy (non-hydrogen) atoms. The number of amides is 1. The summed E-state index contributed by atoms with van der Waals surface area (Å²) < 4.78 is 14.8. The van der Waals surface area contributed by atoms with E-state index in [1.54, 1.807) is 0 Å². The topological polar surface area (TPSA) is 65.2 Å². The van der Waals surface area contributed by atoms with Gasteiger partial charge >= 0.3 is 0 Å². The van der Waals surface area contributed by atoms with Crippen LogP contribution in [0.25, 0.3) is 10.9 Å². The van der Waals surface area contributed by atoms with Crippen molar-refractivity contribution in [2.24, 2.45) is 5.92 Å². The number of carbonyl (C=O) groups is 1. The van der Waals surface area contributed by atoms with Gasteiger partial charge in [-0.05, 0) is 49.8 Å². The summed E-state index contributed by atoms with van der Waals surface area (Å²) in [7, 11) is -1.13. The lowest BCUT2D eigenvalue weighted by molar-refractivity contribution is 0.0947. The van der Waals surface area contributed by atoms with Crippen molar-refractivity contribution in [2.45, 2.75) is 43.5 Å². The zero-order chi connectivity index (χ0) is 16.7. The maximum Gasteiger partial charge on any atom is 0.267 e. The molecule has 1 unspecified atom stereocenters. The molecule has 1 saturated heterocycles. The van der Waals surface area contributed by atoms with E-state index in [4.69, 9.17) is 0 Å². The van der Waals surface area contributed by atoms with Crippen molar-refractivity contribution in [3.05, 3.63) is 30.0 Å². The molecule has 5 nitrogen and oxygen atoms in total. The molecule has 2 heterocycles. The van der Waals surface area contributed by atoms with Crippen molar-refractivity contribution in [1.29, 1.82) is 0 Å². The molecule has 6 heteroatoms. The Morgan fingerprint density at radius 3 is 2.67 bits per heavy atom. The van der Waals surface area contributed by atoms with Crippen LogP contribution in [0, 0.1) is 5.92 Å². The van der Waals surface area contributed by atoms with Crippen LogP contribution >= 0.6 is 0 Å². The number of benzene rings is 1. The van der Waals surface area contributed by atoms with E-state index in [1.807, 2.05) is 28.6 Å². The van der Waals surface area contributed by atoms with E-state index in [-0.39, 0.29) is 5.91 Å². The molecule has 2 fully saturated rings. The van der Waals surface area contributed by atoms with Gasteiger partial charge in [-0.25, -0.2) is 8.51 Å². The SMILES string of the molecule is CC1CCN(S(=O)c2ccc3cc(C(=O)NC4CC4)[nH]c3c2)CC1. The number of fused-ring (bicyclic) bond motifs is 1. The lowest BCUT2D eigenvalue weighted by Crippen LogP contribution is -2.34. The van der Waals surface area contributed by atoms with Gasteiger partial charge in [-0.2, -0.15) is 0 Å². The number of nitrogens with one attached hydrogen (secondary N) is 2. The van der Waals surface area contributed by atoms with Crippen molar-refractivity contribution >= 4 is 27.8 Å². The van der Waals surface area contributed by atoms with Gasteiger partial charge in [0.25, 0.3) is 5.91 Å². The molecule has 1 aliphatic heterocycles. The first-order chi connectivity index (χ1) is 11.6. The van der Waals surface area contributed by atoms with Crippen molar-refractivity contribution in [2.75, 3.05) is 13.1 Å². The molecule has 0 radical (unpaired) electrons. The highest BCUT2D eigenvalue weighted by Crippen LogP contribution is 2.24. The van der Waals surface area contributed by atoms with E-state index in [2.05, 4.69) is 17.2 Å². The molecule has 0 spiro atoms. The quantitative estimate of drug-likeness (QED) is 0.895. The van der Waals surface area contributed by atoms with Crippen molar-refractivity contribution < 1.29 is 9.00 Å². The number of rotatable bonds is 4. The summed E-state index contributed by atoms with van der Waals surface area (Å²) >= 11 is 0. The fourth-order valence-electron chi connectivity index (χ4n) is 3.13. The third-order valence-corrected chi connectivity index (χ3v) is 6.42. The zero-order valence-corrected chi connectivity index (χ0v) is 14.7. The molecule has 4 rings (SSSR count). The Balaban J connectivity index is 1.54. The molecule has 1 atom stereocenters. The fraction of sp³-hybridized carbons (Fsp3) is 0.500. The number of hydrogen-bond donors (Lipinski definition) is 2. The monoisotopic (exact) mass is 345 g/mol. The number of piperidine rings is 1. The highest BCUT2D eigenvalue weighted by Gasteiger charge is 2.25. The van der Waals surface area contributed by atoms with Crippen molar-refractivity contribution in [1.82, 2.24) is 14.6 Å². The normalized spacial score (nSPS) is 21.0. The van der Waals surface area contributed by atoms with Crippen LogP contribution in [-0.4, -0.2) is 38.5 Å². The maximum absolute atomic E-state index is 12.8. The number of carbonyl (C=O) groups excluding carboxylic acids is 1. The van der Waals surface area contributed by atoms with Gasteiger partial charge < -0.3 is 10.3 Å². The van der Waals surface area contributed by atoms with Gasteiger partial charge in [-0.15, -0.1) is 0 Å². The Hall–Kier alpha value is -1.66. The van der Waals surface area contributed by atoms with E-state index in [0.29, 0.717) is 11.7 Å². The second-order valence-corrected chi connectivity index (χ2v) is 8.53. The van der Waals surface area contributed by atoms with Crippen LogP contribution in [0.3, 0.4) is 0 Å². The molecule has 2 aromatic rings. The predicted molar refractivity (Wildman–Crippen MR) is 95.2 cm³/mol. The summed E-state index contributed by atoms with van der Waals surface area (Å²) in [6.45, 7) is 4.01. The van der Waals surface area contributed by atoms with E-state index in [1.165, 1.54) is 0 Å². The van der Waals surface area contributed by atoms with Gasteiger partial charge in [0.15, 0.2) is 0 Å². The third-order valence-electron chi connectivity index (χ3n) is 4.93. The number of H-pyrrole nitrogens is 1. The minimum atomic E-state index is -1.13. The average molecular weight is 345 g/mol. The molecule has 1 aromatic carbocycles. The molecule has 128 valence electrons. The smallest absolute Gasteiger partial charge is 0.267 e. The molecule has 1 saturated carbocycles. The predicted octanol–water partition coefficient (Wildman–Crippen LogP) is 2.81. The van der Waals surface area contributed by atoms with Gasteiger partial charge in [-0.3, -0.25) is 4.79 Å². The fourth-order valence-corrected chi connectivity index (χ4v) is 4.37. The van der Waals surface area contributed by atoms with E-state index < -0.39 is 11.0 Å². The highest BCUT2D eigenvalue weighted by atomic mass is 32.2. The zero-order valence-electron chi connectivity index (χ0n) is 13.9. The van der Waals surface area contributed by atoms with Crippen LogP contribution in [0.15, 0.2) is 29.2 Å². The maximum atomic E-state index is 12.8. The van der Waals surface area contributed by atoms with Gasteiger partial charge in [0.1, 0.15) is 16.7 Å². The summed E-state index contributed by atoms with van der Waals surface area (Å²) in [5.74, 6) is 0.665. The molecule has 2 N–H and O–H groups in total. The Labute approximate surface area is 144 Å². The molecule has 1 amide bonds. The van der Waals surface area contributed by atoms with E-state index in [9.17, 15) is 9.00 Å². The molecular weight excluding hydrogens is 322 g/mol. The molecule has 1 aliphatic carbocycles. The second-order valence-electron chi connectivity index (χ2n) is 7.04. The van der Waals surface area contributed by atoms with Gasteiger partial charge in [0.05, 0.1) is 4.90 Å².